The fraction of sp³-hybridized carbons (Fsp3) is 0.231. The number of urea groups is 1. The first-order valence-electron chi connectivity index (χ1n) is 12.3. The number of halogens is 2. The molecule has 5 rings (SSSR count). The van der Waals surface area contributed by atoms with Gasteiger partial charge in [0.25, 0.3) is 15.9 Å². The van der Waals surface area contributed by atoms with Gasteiger partial charge in [-0.25, -0.2) is 27.3 Å². The van der Waals surface area contributed by atoms with Crippen molar-refractivity contribution >= 4 is 50.7 Å². The van der Waals surface area contributed by atoms with Crippen molar-refractivity contribution in [3.8, 4) is 0 Å². The zero-order chi connectivity index (χ0) is 28.6. The van der Waals surface area contributed by atoms with Crippen LogP contribution in [0.2, 0.25) is 5.02 Å². The van der Waals surface area contributed by atoms with Gasteiger partial charge in [-0.2, -0.15) is 9.61 Å². The Morgan fingerprint density at radius 2 is 1.80 bits per heavy atom. The van der Waals surface area contributed by atoms with Gasteiger partial charge in [-0.05, 0) is 61.1 Å². The van der Waals surface area contributed by atoms with Crippen LogP contribution < -0.4 is 15.8 Å². The Bertz CT molecular complexity index is 1720. The summed E-state index contributed by atoms with van der Waals surface area (Å²) in [6.07, 6.45) is 3.64. The molecule has 0 aliphatic carbocycles. The molecule has 0 bridgehead atoms. The molecule has 14 heteroatoms. The van der Waals surface area contributed by atoms with Crippen molar-refractivity contribution in [1.82, 2.24) is 24.2 Å². The first kappa shape index (κ1) is 27.3. The van der Waals surface area contributed by atoms with Gasteiger partial charge in [0.15, 0.2) is 10.5 Å². The molecule has 40 heavy (non-hydrogen) atoms. The topological polar surface area (TPSA) is 152 Å². The Morgan fingerprint density at radius 3 is 2.48 bits per heavy atom. The molecule has 0 atom stereocenters. The second kappa shape index (κ2) is 10.7. The van der Waals surface area contributed by atoms with Crippen LogP contribution in [0.15, 0.2) is 59.8 Å². The van der Waals surface area contributed by atoms with E-state index in [1.165, 1.54) is 22.8 Å². The maximum Gasteiger partial charge on any atom is 0.326 e. The summed E-state index contributed by atoms with van der Waals surface area (Å²) in [7, 11) is -4.38. The van der Waals surface area contributed by atoms with Crippen molar-refractivity contribution in [3.63, 3.8) is 0 Å². The Labute approximate surface area is 234 Å². The highest BCUT2D eigenvalue weighted by Crippen LogP contribution is 2.32. The number of anilines is 2. The highest BCUT2D eigenvalue weighted by molar-refractivity contribution is 7.90. The maximum atomic E-state index is 13.8. The van der Waals surface area contributed by atoms with Crippen molar-refractivity contribution in [3.05, 3.63) is 82.4 Å². The van der Waals surface area contributed by atoms with E-state index in [1.807, 2.05) is 13.0 Å². The van der Waals surface area contributed by atoms with Crippen LogP contribution in [0.25, 0.3) is 5.65 Å². The van der Waals surface area contributed by atoms with Crippen LogP contribution in [0.4, 0.5) is 20.7 Å². The smallest absolute Gasteiger partial charge is 0.326 e. The predicted molar refractivity (Wildman–Crippen MR) is 147 cm³/mol. The lowest BCUT2D eigenvalue weighted by molar-refractivity contribution is 0.0713. The molecule has 4 aromatic rings. The molecule has 3 amide bonds. The Hall–Kier alpha value is -4.23. The number of hydrogen-bond acceptors (Lipinski definition) is 7. The lowest BCUT2D eigenvalue weighted by Gasteiger charge is -2.32. The van der Waals surface area contributed by atoms with E-state index < -0.39 is 20.9 Å². The molecular formula is C26H25ClFN7O4S. The van der Waals surface area contributed by atoms with E-state index in [4.69, 9.17) is 17.3 Å². The van der Waals surface area contributed by atoms with Gasteiger partial charge < -0.3 is 16.0 Å². The summed E-state index contributed by atoms with van der Waals surface area (Å²) in [5, 5.41) is 7.66. The fourth-order valence-electron chi connectivity index (χ4n) is 4.75. The Kier molecular flexibility index (Phi) is 7.34. The normalized spacial score (nSPS) is 14.3. The van der Waals surface area contributed by atoms with Gasteiger partial charge in [-0.3, -0.25) is 4.79 Å². The number of likely N-dealkylation sites (tertiary alicyclic amines) is 1. The lowest BCUT2D eigenvalue weighted by Crippen LogP contribution is -2.38. The molecule has 1 fully saturated rings. The summed E-state index contributed by atoms with van der Waals surface area (Å²) in [5.41, 5.74) is 7.40. The number of carbonyl (C=O) groups is 2. The van der Waals surface area contributed by atoms with E-state index in [9.17, 15) is 22.4 Å². The number of amides is 3. The van der Waals surface area contributed by atoms with Gasteiger partial charge in [0.1, 0.15) is 17.2 Å². The number of aryl methyl sites for hydroxylation is 1. The van der Waals surface area contributed by atoms with Gasteiger partial charge in [-0.1, -0.05) is 29.8 Å². The van der Waals surface area contributed by atoms with Gasteiger partial charge in [-0.15, -0.1) is 0 Å². The summed E-state index contributed by atoms with van der Waals surface area (Å²) in [4.78, 5) is 30.5. The number of nitrogens with one attached hydrogen (secondary N) is 2. The standard InChI is InChI=1S/C26H25ClFN7O4S/c1-15-2-7-20(27)21(12-15)32-23-19(13-30-24-22(14-31-35(23)24)40(38,39)33-26(29)37)25(36)34-10-8-17(9-11-34)16-3-5-18(28)6-4-16/h2-7,12-14,17,32H,8-11H2,1H3,(H3,29,33,37). The average molecular weight is 586 g/mol. The first-order valence-corrected chi connectivity index (χ1v) is 14.2. The third-order valence-corrected chi connectivity index (χ3v) is 8.41. The monoisotopic (exact) mass is 585 g/mol. The number of fused-ring (bicyclic) bond motifs is 1. The number of aromatic nitrogens is 3. The molecule has 0 unspecified atom stereocenters. The molecular weight excluding hydrogens is 561 g/mol. The van der Waals surface area contributed by atoms with Gasteiger partial charge in [0.05, 0.1) is 16.9 Å². The van der Waals surface area contributed by atoms with Gasteiger partial charge in [0.2, 0.25) is 0 Å². The van der Waals surface area contributed by atoms with Crippen LogP contribution in [0.3, 0.4) is 0 Å². The highest BCUT2D eigenvalue weighted by Gasteiger charge is 2.30. The molecule has 0 saturated carbocycles. The quantitative estimate of drug-likeness (QED) is 0.310. The molecule has 11 nitrogen and oxygen atoms in total. The summed E-state index contributed by atoms with van der Waals surface area (Å²) in [5.74, 6) is -0.310. The van der Waals surface area contributed by atoms with Crippen LogP contribution in [0.1, 0.15) is 40.2 Å². The van der Waals surface area contributed by atoms with Gasteiger partial charge >= 0.3 is 6.03 Å². The van der Waals surface area contributed by atoms with E-state index in [-0.39, 0.29) is 34.7 Å². The average Bonchev–Trinajstić information content (AvgIpc) is 3.36. The molecule has 1 aliphatic heterocycles. The lowest BCUT2D eigenvalue weighted by atomic mass is 9.89. The number of nitrogens with two attached hydrogens (primary N) is 1. The summed E-state index contributed by atoms with van der Waals surface area (Å²) in [6.45, 7) is 2.77. The van der Waals surface area contributed by atoms with E-state index >= 15 is 0 Å². The molecule has 1 saturated heterocycles. The van der Waals surface area contributed by atoms with Crippen molar-refractivity contribution in [2.24, 2.45) is 5.73 Å². The number of primary amides is 1. The Balaban J connectivity index is 1.51. The molecule has 2 aromatic carbocycles. The molecule has 3 heterocycles. The van der Waals surface area contributed by atoms with Crippen LogP contribution >= 0.6 is 11.6 Å². The van der Waals surface area contributed by atoms with Crippen LogP contribution in [0, 0.1) is 12.7 Å². The molecule has 1 aliphatic rings. The van der Waals surface area contributed by atoms with Crippen LogP contribution in [0.5, 0.6) is 0 Å². The van der Waals surface area contributed by atoms with Crippen molar-refractivity contribution in [1.29, 1.82) is 0 Å². The number of sulfonamides is 1. The molecule has 2 aromatic heterocycles. The number of piperidine rings is 1. The number of nitrogens with zero attached hydrogens (tertiary/aromatic N) is 4. The number of hydrogen-bond donors (Lipinski definition) is 3. The minimum Gasteiger partial charge on any atom is -0.351 e. The third kappa shape index (κ3) is 5.42. The maximum absolute atomic E-state index is 13.8. The summed E-state index contributed by atoms with van der Waals surface area (Å²) < 4.78 is 41.6. The number of carbonyl (C=O) groups excluding carboxylic acids is 2. The first-order chi connectivity index (χ1) is 19.0. The third-order valence-electron chi connectivity index (χ3n) is 6.75. The molecule has 0 spiro atoms. The Morgan fingerprint density at radius 1 is 1.10 bits per heavy atom. The van der Waals surface area contributed by atoms with E-state index in [0.29, 0.717) is 36.6 Å². The summed E-state index contributed by atoms with van der Waals surface area (Å²) >= 11 is 6.41. The minimum atomic E-state index is -4.38. The zero-order valence-electron chi connectivity index (χ0n) is 21.3. The van der Waals surface area contributed by atoms with Crippen LogP contribution in [-0.4, -0.2) is 52.9 Å². The van der Waals surface area contributed by atoms with E-state index in [1.54, 1.807) is 33.9 Å². The molecule has 0 radical (unpaired) electrons. The van der Waals surface area contributed by atoms with Crippen molar-refractivity contribution in [2.75, 3.05) is 18.4 Å². The second-order valence-corrected chi connectivity index (χ2v) is 11.5. The van der Waals surface area contributed by atoms with Gasteiger partial charge in [0, 0.05) is 19.3 Å². The summed E-state index contributed by atoms with van der Waals surface area (Å²) in [6, 6.07) is 10.4. The largest absolute Gasteiger partial charge is 0.351 e. The van der Waals surface area contributed by atoms with Crippen molar-refractivity contribution in [2.45, 2.75) is 30.6 Å². The van der Waals surface area contributed by atoms with Crippen LogP contribution in [-0.2, 0) is 10.0 Å². The number of rotatable bonds is 6. The SMILES string of the molecule is Cc1ccc(Cl)c(Nc2c(C(=O)N3CCC(c4ccc(F)cc4)CC3)cnc3c(S(=O)(=O)NC(N)=O)cnn23)c1. The van der Waals surface area contributed by atoms with Crippen molar-refractivity contribution < 1.29 is 22.4 Å². The predicted octanol–water partition coefficient (Wildman–Crippen LogP) is 3.95. The fourth-order valence-corrected chi connectivity index (χ4v) is 5.85. The molecule has 4 N–H and O–H groups in total. The molecule has 208 valence electrons. The minimum absolute atomic E-state index is 0.133. The van der Waals surface area contributed by atoms with E-state index in [2.05, 4.69) is 15.4 Å². The zero-order valence-corrected chi connectivity index (χ0v) is 22.8. The second-order valence-electron chi connectivity index (χ2n) is 9.46. The van der Waals surface area contributed by atoms with E-state index in [0.717, 1.165) is 17.3 Å². The highest BCUT2D eigenvalue weighted by atomic mass is 35.5. The number of benzene rings is 2.